The highest BCUT2D eigenvalue weighted by molar-refractivity contribution is 9.10. The Bertz CT molecular complexity index is 330. The second kappa shape index (κ2) is 4.75. The minimum atomic E-state index is -0.397. The standard InChI is InChI=1S/C10H13BrFNO/c1-6(4-5-13)9-8(14)3-2-7(11)10(9)12/h2-3,6,14H,4-5,13H2,1H3. The van der Waals surface area contributed by atoms with Crippen molar-refractivity contribution >= 4 is 15.9 Å². The van der Waals surface area contributed by atoms with Crippen LogP contribution in [0.5, 0.6) is 5.75 Å². The number of halogens is 2. The normalized spacial score (nSPS) is 12.9. The fourth-order valence-corrected chi connectivity index (χ4v) is 1.77. The fourth-order valence-electron chi connectivity index (χ4n) is 1.42. The van der Waals surface area contributed by atoms with Crippen molar-refractivity contribution in [1.29, 1.82) is 0 Å². The Labute approximate surface area is 91.1 Å². The molecule has 0 radical (unpaired) electrons. The zero-order chi connectivity index (χ0) is 10.7. The molecule has 1 aromatic carbocycles. The molecular formula is C10H13BrFNO. The Kier molecular flexibility index (Phi) is 3.89. The number of aromatic hydroxyl groups is 1. The van der Waals surface area contributed by atoms with Crippen molar-refractivity contribution in [3.05, 3.63) is 28.0 Å². The molecule has 1 atom stereocenters. The van der Waals surface area contributed by atoms with Gasteiger partial charge in [-0.1, -0.05) is 6.92 Å². The minimum Gasteiger partial charge on any atom is -0.508 e. The van der Waals surface area contributed by atoms with E-state index in [0.29, 0.717) is 23.0 Å². The predicted molar refractivity (Wildman–Crippen MR) is 57.9 cm³/mol. The maximum atomic E-state index is 13.6. The van der Waals surface area contributed by atoms with Gasteiger partial charge in [0.25, 0.3) is 0 Å². The highest BCUT2D eigenvalue weighted by Gasteiger charge is 2.17. The van der Waals surface area contributed by atoms with Crippen LogP contribution in [0, 0.1) is 5.82 Å². The van der Waals surface area contributed by atoms with Crippen LogP contribution in [-0.2, 0) is 0 Å². The van der Waals surface area contributed by atoms with E-state index in [1.165, 1.54) is 12.1 Å². The van der Waals surface area contributed by atoms with Crippen molar-refractivity contribution in [2.24, 2.45) is 5.73 Å². The Morgan fingerprint density at radius 1 is 1.57 bits per heavy atom. The smallest absolute Gasteiger partial charge is 0.144 e. The zero-order valence-corrected chi connectivity index (χ0v) is 9.51. The molecule has 0 saturated heterocycles. The van der Waals surface area contributed by atoms with Gasteiger partial charge in [-0.15, -0.1) is 0 Å². The topological polar surface area (TPSA) is 46.2 Å². The quantitative estimate of drug-likeness (QED) is 0.879. The molecule has 4 heteroatoms. The number of hydrogen-bond donors (Lipinski definition) is 2. The molecule has 1 rings (SSSR count). The van der Waals surface area contributed by atoms with Gasteiger partial charge in [-0.05, 0) is 46.9 Å². The molecular weight excluding hydrogens is 249 g/mol. The molecule has 1 unspecified atom stereocenters. The van der Waals surface area contributed by atoms with Crippen LogP contribution in [0.2, 0.25) is 0 Å². The largest absolute Gasteiger partial charge is 0.508 e. The minimum absolute atomic E-state index is 0.00773. The van der Waals surface area contributed by atoms with Gasteiger partial charge in [0.1, 0.15) is 11.6 Å². The summed E-state index contributed by atoms with van der Waals surface area (Å²) < 4.78 is 14.0. The highest BCUT2D eigenvalue weighted by atomic mass is 79.9. The molecule has 0 amide bonds. The summed E-state index contributed by atoms with van der Waals surface area (Å²) in [6.45, 7) is 2.32. The fraction of sp³-hybridized carbons (Fsp3) is 0.400. The van der Waals surface area contributed by atoms with Crippen molar-refractivity contribution in [1.82, 2.24) is 0 Å². The molecule has 0 aliphatic heterocycles. The predicted octanol–water partition coefficient (Wildman–Crippen LogP) is 2.75. The number of phenols is 1. The summed E-state index contributed by atoms with van der Waals surface area (Å²) >= 11 is 3.08. The van der Waals surface area contributed by atoms with Gasteiger partial charge in [0, 0.05) is 5.56 Å². The van der Waals surface area contributed by atoms with Gasteiger partial charge in [0.05, 0.1) is 4.47 Å². The Morgan fingerprint density at radius 2 is 2.21 bits per heavy atom. The van der Waals surface area contributed by atoms with E-state index in [9.17, 15) is 9.50 Å². The van der Waals surface area contributed by atoms with Gasteiger partial charge < -0.3 is 10.8 Å². The van der Waals surface area contributed by atoms with Crippen LogP contribution in [0.15, 0.2) is 16.6 Å². The highest BCUT2D eigenvalue weighted by Crippen LogP contribution is 2.33. The van der Waals surface area contributed by atoms with E-state index in [0.717, 1.165) is 0 Å². The molecule has 78 valence electrons. The summed E-state index contributed by atoms with van der Waals surface area (Å²) in [4.78, 5) is 0. The first-order valence-corrected chi connectivity index (χ1v) is 5.24. The lowest BCUT2D eigenvalue weighted by atomic mass is 9.96. The summed E-state index contributed by atoms with van der Waals surface area (Å²) in [7, 11) is 0. The number of rotatable bonds is 3. The summed E-state index contributed by atoms with van der Waals surface area (Å²) in [5, 5.41) is 9.51. The van der Waals surface area contributed by atoms with Crippen molar-refractivity contribution < 1.29 is 9.50 Å². The van der Waals surface area contributed by atoms with Gasteiger partial charge in [0.15, 0.2) is 0 Å². The Hall–Kier alpha value is -0.610. The molecule has 0 heterocycles. The third-order valence-electron chi connectivity index (χ3n) is 2.20. The van der Waals surface area contributed by atoms with Crippen LogP contribution in [0.25, 0.3) is 0 Å². The average Bonchev–Trinajstić information content (AvgIpc) is 2.13. The van der Waals surface area contributed by atoms with Gasteiger partial charge in [-0.25, -0.2) is 4.39 Å². The zero-order valence-electron chi connectivity index (χ0n) is 7.93. The van der Waals surface area contributed by atoms with E-state index in [-0.39, 0.29) is 11.7 Å². The average molecular weight is 262 g/mol. The summed E-state index contributed by atoms with van der Waals surface area (Å²) in [5.41, 5.74) is 5.73. The first-order valence-electron chi connectivity index (χ1n) is 4.44. The van der Waals surface area contributed by atoms with E-state index < -0.39 is 5.82 Å². The van der Waals surface area contributed by atoms with E-state index in [4.69, 9.17) is 5.73 Å². The van der Waals surface area contributed by atoms with Crippen LogP contribution < -0.4 is 5.73 Å². The molecule has 14 heavy (non-hydrogen) atoms. The SMILES string of the molecule is CC(CCN)c1c(O)ccc(Br)c1F. The number of hydrogen-bond acceptors (Lipinski definition) is 2. The molecule has 0 aromatic heterocycles. The second-order valence-corrected chi connectivity index (χ2v) is 4.13. The molecule has 0 saturated carbocycles. The molecule has 0 aliphatic carbocycles. The third kappa shape index (κ3) is 2.25. The monoisotopic (exact) mass is 261 g/mol. The number of benzene rings is 1. The van der Waals surface area contributed by atoms with E-state index in [1.807, 2.05) is 6.92 Å². The molecule has 0 fully saturated rings. The third-order valence-corrected chi connectivity index (χ3v) is 2.81. The van der Waals surface area contributed by atoms with Crippen LogP contribution >= 0.6 is 15.9 Å². The number of nitrogens with two attached hydrogens (primary N) is 1. The lowest BCUT2D eigenvalue weighted by molar-refractivity contribution is 0.447. The van der Waals surface area contributed by atoms with Crippen molar-refractivity contribution in [3.8, 4) is 5.75 Å². The Balaban J connectivity index is 3.11. The van der Waals surface area contributed by atoms with Crippen molar-refractivity contribution in [2.75, 3.05) is 6.54 Å². The Morgan fingerprint density at radius 3 is 2.79 bits per heavy atom. The maximum Gasteiger partial charge on any atom is 0.144 e. The number of phenolic OH excluding ortho intramolecular Hbond substituents is 1. The van der Waals surface area contributed by atoms with E-state index >= 15 is 0 Å². The van der Waals surface area contributed by atoms with Crippen LogP contribution in [0.4, 0.5) is 4.39 Å². The van der Waals surface area contributed by atoms with Crippen LogP contribution in [-0.4, -0.2) is 11.7 Å². The van der Waals surface area contributed by atoms with E-state index in [1.54, 1.807) is 0 Å². The van der Waals surface area contributed by atoms with Crippen molar-refractivity contribution in [3.63, 3.8) is 0 Å². The summed E-state index contributed by atoms with van der Waals surface area (Å²) in [6, 6.07) is 2.97. The molecule has 0 bridgehead atoms. The summed E-state index contributed by atoms with van der Waals surface area (Å²) in [6.07, 6.45) is 0.654. The van der Waals surface area contributed by atoms with Crippen LogP contribution in [0.1, 0.15) is 24.8 Å². The van der Waals surface area contributed by atoms with Gasteiger partial charge in [-0.2, -0.15) is 0 Å². The lowest BCUT2D eigenvalue weighted by Gasteiger charge is -2.14. The molecule has 0 aliphatic rings. The molecule has 0 spiro atoms. The molecule has 1 aromatic rings. The first-order chi connectivity index (χ1) is 6.57. The maximum absolute atomic E-state index is 13.6. The lowest BCUT2D eigenvalue weighted by Crippen LogP contribution is -2.06. The van der Waals surface area contributed by atoms with Gasteiger partial charge in [0.2, 0.25) is 0 Å². The first kappa shape index (κ1) is 11.5. The molecule has 3 N–H and O–H groups in total. The van der Waals surface area contributed by atoms with Gasteiger partial charge >= 0.3 is 0 Å². The summed E-state index contributed by atoms with van der Waals surface area (Å²) in [5.74, 6) is -0.477. The van der Waals surface area contributed by atoms with Gasteiger partial charge in [-0.3, -0.25) is 0 Å². The molecule has 2 nitrogen and oxygen atoms in total. The second-order valence-electron chi connectivity index (χ2n) is 3.27. The van der Waals surface area contributed by atoms with Crippen molar-refractivity contribution in [2.45, 2.75) is 19.3 Å². The van der Waals surface area contributed by atoms with Crippen LogP contribution in [0.3, 0.4) is 0 Å². The van der Waals surface area contributed by atoms with E-state index in [2.05, 4.69) is 15.9 Å².